The second-order valence-electron chi connectivity index (χ2n) is 5.20. The molecule has 2 aliphatic rings. The minimum absolute atomic E-state index is 0.386. The third-order valence-electron chi connectivity index (χ3n) is 4.17. The summed E-state index contributed by atoms with van der Waals surface area (Å²) in [7, 11) is 0. The van der Waals surface area contributed by atoms with E-state index >= 15 is 0 Å². The number of carbonyl (C=O) groups excluding carboxylic acids is 1. The van der Waals surface area contributed by atoms with Crippen LogP contribution in [0.1, 0.15) is 58.3 Å². The number of hydrogen-bond donors (Lipinski definition) is 0. The van der Waals surface area contributed by atoms with Gasteiger partial charge in [0.25, 0.3) is 0 Å². The summed E-state index contributed by atoms with van der Waals surface area (Å²) in [5.41, 5.74) is 0.386. The Balaban J connectivity index is 2.01. The van der Waals surface area contributed by atoms with E-state index in [9.17, 15) is 4.79 Å². The minimum Gasteiger partial charge on any atom is -0.300 e. The van der Waals surface area contributed by atoms with Gasteiger partial charge in [-0.15, -0.1) is 0 Å². The van der Waals surface area contributed by atoms with Crippen molar-refractivity contribution in [3.8, 4) is 0 Å². The monoisotopic (exact) mass is 180 g/mol. The van der Waals surface area contributed by atoms with Gasteiger partial charge in [0.15, 0.2) is 0 Å². The first-order valence-electron chi connectivity index (χ1n) is 5.72. The van der Waals surface area contributed by atoms with Gasteiger partial charge in [0.2, 0.25) is 0 Å². The van der Waals surface area contributed by atoms with Crippen molar-refractivity contribution in [1.29, 1.82) is 0 Å². The predicted molar refractivity (Wildman–Crippen MR) is 53.5 cm³/mol. The summed E-state index contributed by atoms with van der Waals surface area (Å²) in [6.07, 6.45) is 9.86. The normalized spacial score (nSPS) is 36.8. The molecule has 1 heteroatoms. The molecule has 74 valence electrons. The molecule has 2 rings (SSSR count). The van der Waals surface area contributed by atoms with Crippen molar-refractivity contribution in [3.63, 3.8) is 0 Å². The van der Waals surface area contributed by atoms with E-state index < -0.39 is 0 Å². The highest BCUT2D eigenvalue weighted by molar-refractivity contribution is 5.81. The van der Waals surface area contributed by atoms with Crippen molar-refractivity contribution in [2.45, 2.75) is 58.3 Å². The van der Waals surface area contributed by atoms with Crippen LogP contribution in [0.3, 0.4) is 0 Å². The quantitative estimate of drug-likeness (QED) is 0.605. The van der Waals surface area contributed by atoms with Crippen LogP contribution in [0.2, 0.25) is 0 Å². The first-order chi connectivity index (χ1) is 6.21. The number of ketones is 1. The lowest BCUT2D eigenvalue weighted by Crippen LogP contribution is -2.26. The highest BCUT2D eigenvalue weighted by atomic mass is 16.1. The maximum absolute atomic E-state index is 11.3. The third kappa shape index (κ3) is 1.79. The van der Waals surface area contributed by atoms with Gasteiger partial charge in [-0.05, 0) is 30.6 Å². The molecule has 0 aromatic carbocycles. The molecule has 13 heavy (non-hydrogen) atoms. The number of Topliss-reactive ketones (excluding diaryl/α,β-unsaturated/α-hetero) is 1. The Morgan fingerprint density at radius 2 is 1.92 bits per heavy atom. The van der Waals surface area contributed by atoms with Crippen molar-refractivity contribution in [3.05, 3.63) is 0 Å². The van der Waals surface area contributed by atoms with Gasteiger partial charge >= 0.3 is 0 Å². The summed E-state index contributed by atoms with van der Waals surface area (Å²) in [4.78, 5) is 11.3. The van der Waals surface area contributed by atoms with E-state index in [1.54, 1.807) is 0 Å². The smallest absolute Gasteiger partial charge is 0.133 e. The molecule has 0 spiro atoms. The zero-order chi connectivity index (χ0) is 9.31. The van der Waals surface area contributed by atoms with Crippen LogP contribution >= 0.6 is 0 Å². The van der Waals surface area contributed by atoms with Crippen molar-refractivity contribution >= 4 is 5.78 Å². The molecule has 0 aliphatic heterocycles. The van der Waals surface area contributed by atoms with Crippen LogP contribution in [-0.4, -0.2) is 5.78 Å². The van der Waals surface area contributed by atoms with Crippen LogP contribution < -0.4 is 0 Å². The highest BCUT2D eigenvalue weighted by Gasteiger charge is 2.40. The Hall–Kier alpha value is -0.330. The lowest BCUT2D eigenvalue weighted by molar-refractivity contribution is -0.118. The Labute approximate surface area is 80.9 Å². The Kier molecular flexibility index (Phi) is 2.44. The van der Waals surface area contributed by atoms with Gasteiger partial charge in [0.05, 0.1) is 0 Å². The van der Waals surface area contributed by atoms with Gasteiger partial charge in [0, 0.05) is 12.8 Å². The third-order valence-corrected chi connectivity index (χ3v) is 4.17. The molecule has 1 atom stereocenters. The zero-order valence-electron chi connectivity index (χ0n) is 8.64. The van der Waals surface area contributed by atoms with E-state index in [1.165, 1.54) is 32.1 Å². The molecule has 0 N–H and O–H groups in total. The fourth-order valence-corrected chi connectivity index (χ4v) is 3.20. The summed E-state index contributed by atoms with van der Waals surface area (Å²) < 4.78 is 0. The fourth-order valence-electron chi connectivity index (χ4n) is 3.20. The van der Waals surface area contributed by atoms with E-state index in [-0.39, 0.29) is 0 Å². The first kappa shape index (κ1) is 9.23. The fraction of sp³-hybridized carbons (Fsp3) is 0.917. The van der Waals surface area contributed by atoms with Crippen LogP contribution in [-0.2, 0) is 4.79 Å². The van der Waals surface area contributed by atoms with Crippen molar-refractivity contribution in [1.82, 2.24) is 0 Å². The van der Waals surface area contributed by atoms with Gasteiger partial charge in [-0.3, -0.25) is 4.79 Å². The number of hydrogen-bond acceptors (Lipinski definition) is 1. The van der Waals surface area contributed by atoms with Gasteiger partial charge in [-0.25, -0.2) is 0 Å². The molecule has 2 fully saturated rings. The van der Waals surface area contributed by atoms with Gasteiger partial charge < -0.3 is 0 Å². The van der Waals surface area contributed by atoms with E-state index in [0.717, 1.165) is 25.2 Å². The molecular weight excluding hydrogens is 160 g/mol. The lowest BCUT2D eigenvalue weighted by atomic mass is 9.69. The number of rotatable bonds is 1. The van der Waals surface area contributed by atoms with Crippen LogP contribution in [0.15, 0.2) is 0 Å². The van der Waals surface area contributed by atoms with Crippen molar-refractivity contribution in [2.75, 3.05) is 0 Å². The van der Waals surface area contributed by atoms with Gasteiger partial charge in [0.1, 0.15) is 5.78 Å². The summed E-state index contributed by atoms with van der Waals surface area (Å²) >= 11 is 0. The molecular formula is C12H20O. The summed E-state index contributed by atoms with van der Waals surface area (Å²) in [6.45, 7) is 2.34. The van der Waals surface area contributed by atoms with Crippen LogP contribution in [0.4, 0.5) is 0 Å². The molecule has 0 bridgehead atoms. The Morgan fingerprint density at radius 3 is 2.46 bits per heavy atom. The molecule has 0 saturated heterocycles. The highest BCUT2D eigenvalue weighted by Crippen LogP contribution is 2.47. The molecule has 0 amide bonds. The molecule has 0 heterocycles. The van der Waals surface area contributed by atoms with Gasteiger partial charge in [-0.1, -0.05) is 26.2 Å². The van der Waals surface area contributed by atoms with Crippen molar-refractivity contribution in [2.24, 2.45) is 11.3 Å². The maximum Gasteiger partial charge on any atom is 0.133 e. The van der Waals surface area contributed by atoms with Crippen LogP contribution in [0.25, 0.3) is 0 Å². The molecule has 1 nitrogen and oxygen atoms in total. The molecule has 0 radical (unpaired) electrons. The Morgan fingerprint density at radius 1 is 1.23 bits per heavy atom. The molecule has 1 unspecified atom stereocenters. The van der Waals surface area contributed by atoms with E-state index in [0.29, 0.717) is 11.2 Å². The summed E-state index contributed by atoms with van der Waals surface area (Å²) in [5, 5.41) is 0. The van der Waals surface area contributed by atoms with E-state index in [4.69, 9.17) is 0 Å². The topological polar surface area (TPSA) is 17.1 Å². The van der Waals surface area contributed by atoms with Crippen LogP contribution in [0.5, 0.6) is 0 Å². The minimum atomic E-state index is 0.386. The second kappa shape index (κ2) is 3.43. The standard InChI is InChI=1S/C12H20O/c1-12(8-7-11(13)9-12)10-5-3-2-4-6-10/h10H,2-9H2,1H3. The SMILES string of the molecule is CC1(C2CCCCC2)CCC(=O)C1. The largest absolute Gasteiger partial charge is 0.300 e. The lowest BCUT2D eigenvalue weighted by Gasteiger charge is -2.36. The molecule has 0 aromatic rings. The van der Waals surface area contributed by atoms with Crippen LogP contribution in [0, 0.1) is 11.3 Å². The van der Waals surface area contributed by atoms with E-state index in [2.05, 4.69) is 6.92 Å². The predicted octanol–water partition coefficient (Wildman–Crippen LogP) is 3.33. The van der Waals surface area contributed by atoms with Crippen molar-refractivity contribution < 1.29 is 4.79 Å². The Bertz CT molecular complexity index is 203. The molecule has 2 aliphatic carbocycles. The average Bonchev–Trinajstić information content (AvgIpc) is 2.49. The summed E-state index contributed by atoms with van der Waals surface area (Å²) in [5.74, 6) is 1.36. The number of carbonyl (C=O) groups is 1. The van der Waals surface area contributed by atoms with Gasteiger partial charge in [-0.2, -0.15) is 0 Å². The maximum atomic E-state index is 11.3. The van der Waals surface area contributed by atoms with E-state index in [1.807, 2.05) is 0 Å². The first-order valence-corrected chi connectivity index (χ1v) is 5.72. The molecule has 0 aromatic heterocycles. The molecule has 2 saturated carbocycles. The second-order valence-corrected chi connectivity index (χ2v) is 5.20. The summed E-state index contributed by atoms with van der Waals surface area (Å²) in [6, 6.07) is 0. The average molecular weight is 180 g/mol. The zero-order valence-corrected chi connectivity index (χ0v) is 8.64.